The van der Waals surface area contributed by atoms with E-state index in [4.69, 9.17) is 14.1 Å². The number of nitrogens with two attached hydrogens (primary N) is 1. The fourth-order valence-electron chi connectivity index (χ4n) is 6.59. The molecule has 168 valence electrons. The van der Waals surface area contributed by atoms with Crippen molar-refractivity contribution in [3.05, 3.63) is 35.9 Å². The summed E-state index contributed by atoms with van der Waals surface area (Å²) in [7, 11) is -2.58. The molecular formula is C21H29N5O4S. The minimum absolute atomic E-state index is 0.168. The zero-order chi connectivity index (χ0) is 21.8. The van der Waals surface area contributed by atoms with E-state index in [1.165, 1.54) is 19.1 Å². The molecule has 0 saturated heterocycles. The van der Waals surface area contributed by atoms with Gasteiger partial charge in [-0.1, -0.05) is 6.92 Å². The van der Waals surface area contributed by atoms with Gasteiger partial charge in [0.05, 0.1) is 7.11 Å². The van der Waals surface area contributed by atoms with Crippen molar-refractivity contribution < 1.29 is 17.3 Å². The molecule has 1 aromatic heterocycles. The van der Waals surface area contributed by atoms with Crippen LogP contribution in [0.25, 0.3) is 0 Å². The minimum Gasteiger partial charge on any atom is -0.493 e. The molecule has 2 fully saturated rings. The van der Waals surface area contributed by atoms with Gasteiger partial charge in [-0.3, -0.25) is 0 Å². The number of aromatic nitrogens is 3. The normalized spacial score (nSPS) is 32.0. The van der Waals surface area contributed by atoms with Crippen LogP contribution in [0.5, 0.6) is 11.5 Å². The molecule has 0 radical (unpaired) electrons. The third-order valence-electron chi connectivity index (χ3n) is 7.94. The summed E-state index contributed by atoms with van der Waals surface area (Å²) in [6.45, 7) is 2.43. The fraction of sp³-hybridized carbons (Fsp3) is 0.619. The summed E-state index contributed by atoms with van der Waals surface area (Å²) in [6.07, 6.45) is 10.0. The second-order valence-corrected chi connectivity index (χ2v) is 10.5. The first kappa shape index (κ1) is 20.6. The number of methoxy groups -OCH3 is 1. The van der Waals surface area contributed by atoms with Crippen LogP contribution < -0.4 is 19.5 Å². The van der Waals surface area contributed by atoms with Gasteiger partial charge in [-0.2, -0.15) is 13.6 Å². The first-order valence-electron chi connectivity index (χ1n) is 10.8. The van der Waals surface area contributed by atoms with Gasteiger partial charge in [-0.05, 0) is 85.0 Å². The van der Waals surface area contributed by atoms with Gasteiger partial charge in [0, 0.05) is 6.04 Å². The molecule has 3 aliphatic rings. The predicted molar refractivity (Wildman–Crippen MR) is 115 cm³/mol. The van der Waals surface area contributed by atoms with Gasteiger partial charge in [0.15, 0.2) is 11.5 Å². The molecule has 0 aliphatic heterocycles. The Morgan fingerprint density at radius 2 is 1.94 bits per heavy atom. The highest BCUT2D eigenvalue weighted by Crippen LogP contribution is 2.61. The van der Waals surface area contributed by atoms with Gasteiger partial charge in [-0.15, -0.1) is 10.2 Å². The molecule has 31 heavy (non-hydrogen) atoms. The van der Waals surface area contributed by atoms with Crippen molar-refractivity contribution >= 4 is 10.3 Å². The quantitative estimate of drug-likeness (QED) is 0.721. The van der Waals surface area contributed by atoms with E-state index in [2.05, 4.69) is 22.5 Å². The lowest BCUT2D eigenvalue weighted by atomic mass is 9.55. The fourth-order valence-corrected chi connectivity index (χ4v) is 6.97. The Kier molecular flexibility index (Phi) is 4.89. The summed E-state index contributed by atoms with van der Waals surface area (Å²) in [6, 6.07) is 4.17. The summed E-state index contributed by atoms with van der Waals surface area (Å²) < 4.78 is 35.2. The first-order chi connectivity index (χ1) is 14.8. The highest BCUT2D eigenvalue weighted by molar-refractivity contribution is 7.84. The van der Waals surface area contributed by atoms with Gasteiger partial charge >= 0.3 is 10.3 Å². The molecule has 1 aromatic carbocycles. The van der Waals surface area contributed by atoms with E-state index in [1.54, 1.807) is 18.7 Å². The molecule has 2 saturated carbocycles. The zero-order valence-corrected chi connectivity index (χ0v) is 18.6. The second-order valence-electron chi connectivity index (χ2n) is 9.37. The van der Waals surface area contributed by atoms with Crippen LogP contribution in [-0.2, 0) is 16.7 Å². The van der Waals surface area contributed by atoms with Crippen molar-refractivity contribution in [3.8, 4) is 11.5 Å². The number of ether oxygens (including phenoxy) is 1. The van der Waals surface area contributed by atoms with E-state index in [0.29, 0.717) is 29.5 Å². The number of hydrogen-bond donors (Lipinski definition) is 2. The number of nitrogens with zero attached hydrogens (tertiary/aromatic N) is 3. The van der Waals surface area contributed by atoms with Gasteiger partial charge in [0.2, 0.25) is 0 Å². The molecule has 9 nitrogen and oxygen atoms in total. The lowest BCUT2D eigenvalue weighted by Crippen LogP contribution is -2.47. The highest BCUT2D eigenvalue weighted by atomic mass is 32.2. The predicted octanol–water partition coefficient (Wildman–Crippen LogP) is 2.34. The smallest absolute Gasteiger partial charge is 0.380 e. The van der Waals surface area contributed by atoms with Gasteiger partial charge < -0.3 is 14.3 Å². The Morgan fingerprint density at radius 1 is 1.16 bits per heavy atom. The Morgan fingerprint density at radius 3 is 2.65 bits per heavy atom. The topological polar surface area (TPSA) is 121 Å². The van der Waals surface area contributed by atoms with E-state index in [0.717, 1.165) is 37.7 Å². The van der Waals surface area contributed by atoms with Crippen LogP contribution >= 0.6 is 0 Å². The van der Waals surface area contributed by atoms with Gasteiger partial charge in [0.25, 0.3) is 0 Å². The molecule has 2 aromatic rings. The molecule has 0 spiro atoms. The SMILES string of the molecule is COc1cc2c(cc1OS(N)(=O)=O)CC[C@@H]1[C@@H]2CC[C@]2(C)[C@@H](Nn3cnnc3)CC[C@@H]12. The summed E-state index contributed by atoms with van der Waals surface area (Å²) in [5.41, 5.74) is 6.25. The van der Waals surface area contributed by atoms with Gasteiger partial charge in [-0.25, -0.2) is 4.68 Å². The average Bonchev–Trinajstić information content (AvgIpc) is 3.34. The number of nitrogens with one attached hydrogen (secondary N) is 1. The maximum absolute atomic E-state index is 11.5. The summed E-state index contributed by atoms with van der Waals surface area (Å²) >= 11 is 0. The lowest BCUT2D eigenvalue weighted by molar-refractivity contribution is 0.0511. The molecule has 0 amide bonds. The van der Waals surface area contributed by atoms with Crippen LogP contribution in [0.1, 0.15) is 56.1 Å². The Balaban J connectivity index is 1.43. The van der Waals surface area contributed by atoms with Crippen LogP contribution in [0.2, 0.25) is 0 Å². The summed E-state index contributed by atoms with van der Waals surface area (Å²) in [4.78, 5) is 0. The number of fused-ring (bicyclic) bond motifs is 5. The monoisotopic (exact) mass is 447 g/mol. The molecular weight excluding hydrogens is 418 g/mol. The number of rotatable bonds is 5. The molecule has 1 heterocycles. The molecule has 0 unspecified atom stereocenters. The van der Waals surface area contributed by atoms with Crippen molar-refractivity contribution in [1.29, 1.82) is 0 Å². The molecule has 3 aliphatic carbocycles. The lowest BCUT2D eigenvalue weighted by Gasteiger charge is -2.51. The third-order valence-corrected chi connectivity index (χ3v) is 8.35. The Labute approximate surface area is 182 Å². The van der Waals surface area contributed by atoms with E-state index in [9.17, 15) is 8.42 Å². The number of aryl methyl sites for hydroxylation is 1. The largest absolute Gasteiger partial charge is 0.493 e. The number of benzene rings is 1. The van der Waals surface area contributed by atoms with Crippen molar-refractivity contribution in [1.82, 2.24) is 14.9 Å². The maximum atomic E-state index is 11.5. The first-order valence-corrected chi connectivity index (χ1v) is 12.3. The number of hydrogen-bond acceptors (Lipinski definition) is 7. The molecule has 10 heteroatoms. The summed E-state index contributed by atoms with van der Waals surface area (Å²) in [5, 5.41) is 12.9. The molecule has 5 rings (SSSR count). The molecule has 0 bridgehead atoms. The Hall–Kier alpha value is -2.33. The van der Waals surface area contributed by atoms with E-state index in [-0.39, 0.29) is 11.2 Å². The van der Waals surface area contributed by atoms with Crippen LogP contribution in [-0.4, -0.2) is 36.4 Å². The standard InChI is InChI=1S/C21H29N5O4S/c1-21-8-7-14-15(17(21)5-6-20(21)25-26-11-23-24-12-26)4-3-13-9-19(30-31(22,27)28)18(29-2)10-16(13)14/h9-12,14-15,17,20,25H,3-8H2,1-2H3,(H2,22,27,28)/t14-,15+,17-,20-,21-/m0/s1. The van der Waals surface area contributed by atoms with Gasteiger partial charge in [0.1, 0.15) is 12.7 Å². The van der Waals surface area contributed by atoms with Crippen molar-refractivity contribution in [2.75, 3.05) is 12.5 Å². The highest BCUT2D eigenvalue weighted by Gasteiger charge is 2.55. The summed E-state index contributed by atoms with van der Waals surface area (Å²) in [5.74, 6) is 2.28. The van der Waals surface area contributed by atoms with Crippen LogP contribution in [0.3, 0.4) is 0 Å². The molecule has 3 N–H and O–H groups in total. The Bertz CT molecular complexity index is 1070. The van der Waals surface area contributed by atoms with E-state index in [1.807, 2.05) is 10.7 Å². The van der Waals surface area contributed by atoms with Crippen molar-refractivity contribution in [2.24, 2.45) is 22.4 Å². The van der Waals surface area contributed by atoms with Crippen LogP contribution in [0.4, 0.5) is 0 Å². The van der Waals surface area contributed by atoms with Crippen LogP contribution in [0, 0.1) is 17.3 Å². The second kappa shape index (κ2) is 7.37. The third kappa shape index (κ3) is 3.55. The minimum atomic E-state index is -4.11. The van der Waals surface area contributed by atoms with Crippen LogP contribution in [0.15, 0.2) is 24.8 Å². The van der Waals surface area contributed by atoms with E-state index < -0.39 is 10.3 Å². The maximum Gasteiger partial charge on any atom is 0.380 e. The average molecular weight is 448 g/mol. The molecule has 5 atom stereocenters. The zero-order valence-electron chi connectivity index (χ0n) is 17.8. The van der Waals surface area contributed by atoms with E-state index >= 15 is 0 Å². The van der Waals surface area contributed by atoms with Crippen molar-refractivity contribution in [2.45, 2.75) is 57.4 Å². The van der Waals surface area contributed by atoms with Crippen molar-refractivity contribution in [3.63, 3.8) is 0 Å².